The maximum absolute atomic E-state index is 5.84. The van der Waals surface area contributed by atoms with Crippen LogP contribution in [-0.2, 0) is 13.0 Å². The van der Waals surface area contributed by atoms with Gasteiger partial charge in [-0.25, -0.2) is 4.98 Å². The predicted octanol–water partition coefficient (Wildman–Crippen LogP) is 2.40. The molecule has 4 heteroatoms. The molecule has 2 heterocycles. The first-order chi connectivity index (χ1) is 9.70. The summed E-state index contributed by atoms with van der Waals surface area (Å²) in [6.45, 7) is 4.71. The molecule has 0 spiro atoms. The smallest absolute Gasteiger partial charge is 0.122 e. The van der Waals surface area contributed by atoms with Gasteiger partial charge in [-0.05, 0) is 32.0 Å². The second-order valence-electron chi connectivity index (χ2n) is 5.70. The number of ether oxygens (including phenoxy) is 1. The number of hydrogen-bond donors (Lipinski definition) is 1. The summed E-state index contributed by atoms with van der Waals surface area (Å²) in [4.78, 5) is 9.94. The summed E-state index contributed by atoms with van der Waals surface area (Å²) in [7, 11) is 2.14. The maximum Gasteiger partial charge on any atom is 0.122 e. The molecule has 0 amide bonds. The van der Waals surface area contributed by atoms with Crippen LogP contribution in [0.4, 0.5) is 0 Å². The van der Waals surface area contributed by atoms with Crippen LogP contribution in [0, 0.1) is 12.8 Å². The topological polar surface area (TPSA) is 41.2 Å². The van der Waals surface area contributed by atoms with Gasteiger partial charge in [-0.15, -0.1) is 0 Å². The lowest BCUT2D eigenvalue weighted by molar-refractivity contribution is 0.171. The second-order valence-corrected chi connectivity index (χ2v) is 5.70. The van der Waals surface area contributed by atoms with Crippen molar-refractivity contribution >= 4 is 0 Å². The molecule has 0 saturated heterocycles. The van der Waals surface area contributed by atoms with Gasteiger partial charge >= 0.3 is 0 Å². The quantitative estimate of drug-likeness (QED) is 0.928. The summed E-state index contributed by atoms with van der Waals surface area (Å²) in [5.41, 5.74) is 2.44. The Bertz CT molecular complexity index is 579. The Morgan fingerprint density at radius 2 is 2.25 bits per heavy atom. The molecule has 1 aromatic carbocycles. The number of aromatic nitrogens is 2. The largest absolute Gasteiger partial charge is 0.493 e. The van der Waals surface area contributed by atoms with Crippen LogP contribution >= 0.6 is 0 Å². The first-order valence-corrected chi connectivity index (χ1v) is 7.10. The van der Waals surface area contributed by atoms with E-state index in [2.05, 4.69) is 40.1 Å². The fourth-order valence-corrected chi connectivity index (χ4v) is 2.82. The molecule has 0 radical (unpaired) electrons. The molecule has 1 aromatic heterocycles. The SMILES string of the molecule is Cc1cnc(CN(C)CC2COc3ccccc3C2)[nH]1. The molecule has 20 heavy (non-hydrogen) atoms. The molecule has 4 nitrogen and oxygen atoms in total. The Morgan fingerprint density at radius 3 is 3.05 bits per heavy atom. The number of fused-ring (bicyclic) bond motifs is 1. The first-order valence-electron chi connectivity index (χ1n) is 7.10. The minimum Gasteiger partial charge on any atom is -0.493 e. The fraction of sp³-hybridized carbons (Fsp3) is 0.438. The zero-order valence-corrected chi connectivity index (χ0v) is 12.1. The fourth-order valence-electron chi connectivity index (χ4n) is 2.82. The van der Waals surface area contributed by atoms with Crippen molar-refractivity contribution in [1.82, 2.24) is 14.9 Å². The minimum atomic E-state index is 0.547. The summed E-state index contributed by atoms with van der Waals surface area (Å²) in [5, 5.41) is 0. The Hall–Kier alpha value is -1.81. The number of benzene rings is 1. The first kappa shape index (κ1) is 13.2. The summed E-state index contributed by atoms with van der Waals surface area (Å²) >= 11 is 0. The van der Waals surface area contributed by atoms with E-state index in [1.807, 2.05) is 19.2 Å². The van der Waals surface area contributed by atoms with Gasteiger partial charge in [0, 0.05) is 24.4 Å². The van der Waals surface area contributed by atoms with Gasteiger partial charge in [-0.2, -0.15) is 0 Å². The maximum atomic E-state index is 5.84. The van der Waals surface area contributed by atoms with Gasteiger partial charge in [-0.1, -0.05) is 18.2 Å². The molecule has 1 aliphatic rings. The molecule has 2 aromatic rings. The minimum absolute atomic E-state index is 0.547. The zero-order valence-electron chi connectivity index (χ0n) is 12.1. The number of imidazole rings is 1. The van der Waals surface area contributed by atoms with Crippen molar-refractivity contribution in [3.63, 3.8) is 0 Å². The Labute approximate surface area is 119 Å². The lowest BCUT2D eigenvalue weighted by Gasteiger charge is -2.28. The molecule has 0 bridgehead atoms. The van der Waals surface area contributed by atoms with E-state index in [-0.39, 0.29) is 0 Å². The van der Waals surface area contributed by atoms with Gasteiger partial charge in [0.25, 0.3) is 0 Å². The summed E-state index contributed by atoms with van der Waals surface area (Å²) in [6.07, 6.45) is 2.97. The third kappa shape index (κ3) is 3.02. The normalized spacial score (nSPS) is 17.9. The van der Waals surface area contributed by atoms with Crippen molar-refractivity contribution in [2.24, 2.45) is 5.92 Å². The van der Waals surface area contributed by atoms with E-state index in [0.29, 0.717) is 5.92 Å². The highest BCUT2D eigenvalue weighted by molar-refractivity contribution is 5.35. The highest BCUT2D eigenvalue weighted by Crippen LogP contribution is 2.27. The van der Waals surface area contributed by atoms with Crippen LogP contribution in [0.25, 0.3) is 0 Å². The van der Waals surface area contributed by atoms with Gasteiger partial charge in [0.15, 0.2) is 0 Å². The molecule has 3 rings (SSSR count). The zero-order chi connectivity index (χ0) is 13.9. The van der Waals surface area contributed by atoms with Crippen LogP contribution in [0.15, 0.2) is 30.5 Å². The third-order valence-corrected chi connectivity index (χ3v) is 3.70. The van der Waals surface area contributed by atoms with E-state index in [4.69, 9.17) is 4.74 Å². The molecule has 1 atom stereocenters. The molecule has 1 N–H and O–H groups in total. The number of hydrogen-bond acceptors (Lipinski definition) is 3. The highest BCUT2D eigenvalue weighted by atomic mass is 16.5. The highest BCUT2D eigenvalue weighted by Gasteiger charge is 2.20. The van der Waals surface area contributed by atoms with Crippen molar-refractivity contribution in [1.29, 1.82) is 0 Å². The summed E-state index contributed by atoms with van der Waals surface area (Å²) < 4.78 is 5.84. The van der Waals surface area contributed by atoms with Crippen molar-refractivity contribution < 1.29 is 4.74 Å². The van der Waals surface area contributed by atoms with Gasteiger partial charge in [0.1, 0.15) is 11.6 Å². The average molecular weight is 271 g/mol. The van der Waals surface area contributed by atoms with Crippen LogP contribution in [-0.4, -0.2) is 35.1 Å². The lowest BCUT2D eigenvalue weighted by atomic mass is 9.96. The van der Waals surface area contributed by atoms with E-state index in [1.165, 1.54) is 5.56 Å². The van der Waals surface area contributed by atoms with Crippen molar-refractivity contribution in [2.45, 2.75) is 19.9 Å². The van der Waals surface area contributed by atoms with Gasteiger partial charge in [-0.3, -0.25) is 4.90 Å². The Balaban J connectivity index is 1.56. The lowest BCUT2D eigenvalue weighted by Crippen LogP contribution is -2.32. The molecule has 1 aliphatic heterocycles. The van der Waals surface area contributed by atoms with Crippen molar-refractivity contribution in [3.05, 3.63) is 47.5 Å². The summed E-state index contributed by atoms with van der Waals surface area (Å²) in [6, 6.07) is 8.34. The Morgan fingerprint density at radius 1 is 1.40 bits per heavy atom. The van der Waals surface area contributed by atoms with Crippen LogP contribution in [0.5, 0.6) is 5.75 Å². The van der Waals surface area contributed by atoms with Crippen LogP contribution in [0.3, 0.4) is 0 Å². The Kier molecular flexibility index (Phi) is 3.74. The number of H-pyrrole nitrogens is 1. The number of aromatic amines is 1. The number of aryl methyl sites for hydroxylation is 1. The van der Waals surface area contributed by atoms with Crippen LogP contribution in [0.1, 0.15) is 17.1 Å². The van der Waals surface area contributed by atoms with Gasteiger partial charge in [0.05, 0.1) is 13.2 Å². The van der Waals surface area contributed by atoms with Crippen LogP contribution in [0.2, 0.25) is 0 Å². The number of nitrogens with one attached hydrogen (secondary N) is 1. The average Bonchev–Trinajstić information content (AvgIpc) is 2.83. The molecule has 0 fully saturated rings. The monoisotopic (exact) mass is 271 g/mol. The van der Waals surface area contributed by atoms with Gasteiger partial charge < -0.3 is 9.72 Å². The van der Waals surface area contributed by atoms with E-state index in [9.17, 15) is 0 Å². The van der Waals surface area contributed by atoms with Gasteiger partial charge in [0.2, 0.25) is 0 Å². The van der Waals surface area contributed by atoms with Crippen molar-refractivity contribution in [3.8, 4) is 5.75 Å². The van der Waals surface area contributed by atoms with E-state index in [0.717, 1.165) is 43.4 Å². The van der Waals surface area contributed by atoms with E-state index in [1.54, 1.807) is 0 Å². The van der Waals surface area contributed by atoms with E-state index < -0.39 is 0 Å². The molecular weight excluding hydrogens is 250 g/mol. The third-order valence-electron chi connectivity index (χ3n) is 3.70. The number of para-hydroxylation sites is 1. The molecule has 0 aliphatic carbocycles. The van der Waals surface area contributed by atoms with Crippen LogP contribution < -0.4 is 4.74 Å². The van der Waals surface area contributed by atoms with E-state index >= 15 is 0 Å². The number of rotatable bonds is 4. The predicted molar refractivity (Wildman–Crippen MR) is 78.8 cm³/mol. The molecule has 0 saturated carbocycles. The number of nitrogens with zero attached hydrogens (tertiary/aromatic N) is 2. The summed E-state index contributed by atoms with van der Waals surface area (Å²) in [5.74, 6) is 2.63. The standard InChI is InChI=1S/C16H21N3O/c1-12-8-17-16(18-12)10-19(2)9-13-7-14-5-3-4-6-15(14)20-11-13/h3-6,8,13H,7,9-11H2,1-2H3,(H,17,18). The molecule has 1 unspecified atom stereocenters. The molecule has 106 valence electrons. The second kappa shape index (κ2) is 5.67. The van der Waals surface area contributed by atoms with Crippen molar-refractivity contribution in [2.75, 3.05) is 20.2 Å². The molecular formula is C16H21N3O.